The summed E-state index contributed by atoms with van der Waals surface area (Å²) >= 11 is 0. The zero-order chi connectivity index (χ0) is 46.1. The summed E-state index contributed by atoms with van der Waals surface area (Å²) in [6.45, 7) is 3.66. The first kappa shape index (κ1) is 57.8. The number of unbranched alkanes of at least 4 members (excludes halogenated alkanes) is 13. The molecule has 7 atom stereocenters. The Morgan fingerprint density at radius 1 is 0.742 bits per heavy atom. The SMILES string of the molecule is CCCCC/C=C\C/C=C\CCCCCCCCCC(=O)O[C@H](COC(=O)CCCCC(=O)C[C@@H]1[C@@H](/C=C/[C@@H](O)CCCCC)[C@H](O)C[C@@H]1O)COP(=O)([O-])OCC[N+](C)(C)C. The van der Waals surface area contributed by atoms with Crippen molar-refractivity contribution in [3.05, 3.63) is 36.5 Å². The fourth-order valence-corrected chi connectivity index (χ4v) is 8.00. The molecule has 1 rings (SSSR count). The predicted octanol–water partition coefficient (Wildman–Crippen LogP) is 8.62. The lowest BCUT2D eigenvalue weighted by molar-refractivity contribution is -0.870. The fraction of sp³-hybridized carbons (Fsp3) is 0.812. The molecule has 62 heavy (non-hydrogen) atoms. The monoisotopic (exact) mass is 900 g/mol. The Balaban J connectivity index is 2.49. The lowest BCUT2D eigenvalue weighted by Crippen LogP contribution is -2.37. The Morgan fingerprint density at radius 2 is 1.32 bits per heavy atom. The molecule has 0 heterocycles. The summed E-state index contributed by atoms with van der Waals surface area (Å²) in [4.78, 5) is 50.7. The summed E-state index contributed by atoms with van der Waals surface area (Å²) < 4.78 is 33.8. The molecule has 1 saturated carbocycles. The number of phosphoric ester groups is 1. The van der Waals surface area contributed by atoms with Crippen LogP contribution in [0.15, 0.2) is 36.5 Å². The van der Waals surface area contributed by atoms with Gasteiger partial charge in [-0.05, 0) is 57.8 Å². The van der Waals surface area contributed by atoms with Crippen molar-refractivity contribution in [2.75, 3.05) is 47.5 Å². The molecule has 0 aromatic carbocycles. The third-order valence-electron chi connectivity index (χ3n) is 11.1. The number of phosphoric acid groups is 1. The Hall–Kier alpha value is -2.22. The molecule has 1 fully saturated rings. The van der Waals surface area contributed by atoms with E-state index in [2.05, 4.69) is 38.2 Å². The van der Waals surface area contributed by atoms with Gasteiger partial charge in [-0.25, -0.2) is 0 Å². The average molecular weight is 900 g/mol. The molecule has 0 saturated heterocycles. The first-order valence-corrected chi connectivity index (χ1v) is 25.3. The van der Waals surface area contributed by atoms with Crippen LogP contribution in [-0.2, 0) is 37.5 Å². The second kappa shape index (κ2) is 35.1. The Morgan fingerprint density at radius 3 is 1.98 bits per heavy atom. The highest BCUT2D eigenvalue weighted by Crippen LogP contribution is 2.39. The maximum Gasteiger partial charge on any atom is 0.306 e. The van der Waals surface area contributed by atoms with Crippen molar-refractivity contribution < 1.29 is 62.2 Å². The number of rotatable bonds is 39. The largest absolute Gasteiger partial charge is 0.756 e. The van der Waals surface area contributed by atoms with Crippen LogP contribution in [0.4, 0.5) is 0 Å². The molecule has 14 heteroatoms. The number of likely N-dealkylation sites (N-methyl/N-ethyl adjacent to an activating group) is 1. The topological polar surface area (TPSA) is 189 Å². The van der Waals surface area contributed by atoms with Crippen LogP contribution in [0.5, 0.6) is 0 Å². The van der Waals surface area contributed by atoms with Crippen LogP contribution in [0, 0.1) is 11.8 Å². The second-order valence-electron chi connectivity index (χ2n) is 18.1. The Kier molecular flexibility index (Phi) is 32.7. The van der Waals surface area contributed by atoms with Gasteiger partial charge in [0.05, 0.1) is 46.1 Å². The summed E-state index contributed by atoms with van der Waals surface area (Å²) in [6, 6.07) is 0. The number of carbonyl (C=O) groups is 3. The summed E-state index contributed by atoms with van der Waals surface area (Å²) in [6.07, 6.45) is 28.0. The standard InChI is InChI=1S/C48H86NO12P/c1-6-8-10-11-12-13-14-15-16-17-18-19-20-21-22-23-25-31-48(55)61-42(39-60-62(56,57)59-35-34-49(3,4)5)38-58-47(54)30-27-26-29-41(51)36-44-43(45(52)37-46(44)53)33-32-40(50)28-24-9-7-2/h12-13,15-16,32-33,40,42-46,50,52-53H,6-11,14,17-31,34-39H2,1-5H3/b13-12-,16-15-,33-32+/t40-,42+,43+,44+,45+,46-/m0/s1. The fourth-order valence-electron chi connectivity index (χ4n) is 7.27. The Labute approximate surface area is 374 Å². The van der Waals surface area contributed by atoms with E-state index in [9.17, 15) is 39.2 Å². The number of hydrogen-bond donors (Lipinski definition) is 3. The van der Waals surface area contributed by atoms with Crippen molar-refractivity contribution in [3.63, 3.8) is 0 Å². The van der Waals surface area contributed by atoms with Gasteiger partial charge in [0.25, 0.3) is 7.82 Å². The van der Waals surface area contributed by atoms with Gasteiger partial charge in [-0.2, -0.15) is 0 Å². The maximum atomic E-state index is 12.9. The summed E-state index contributed by atoms with van der Waals surface area (Å²) in [7, 11) is 0.955. The molecule has 1 unspecified atom stereocenters. The highest BCUT2D eigenvalue weighted by atomic mass is 31.2. The molecule has 1 aliphatic carbocycles. The molecule has 0 radical (unpaired) electrons. The third-order valence-corrected chi connectivity index (χ3v) is 12.1. The second-order valence-corrected chi connectivity index (χ2v) is 19.5. The normalized spacial score (nSPS) is 20.3. The molecular formula is C48H86NO12P. The van der Waals surface area contributed by atoms with Crippen LogP contribution in [0.3, 0.4) is 0 Å². The number of aliphatic hydroxyl groups excluding tert-OH is 3. The van der Waals surface area contributed by atoms with Gasteiger partial charge in [0.1, 0.15) is 25.5 Å². The molecule has 0 aliphatic heterocycles. The number of Topliss-reactive ketones (excluding diaryl/α,β-unsaturated/α-hetero) is 1. The van der Waals surface area contributed by atoms with Crippen LogP contribution >= 0.6 is 7.82 Å². The summed E-state index contributed by atoms with van der Waals surface area (Å²) in [5.74, 6) is -2.12. The molecule has 360 valence electrons. The number of carbonyl (C=O) groups excluding carboxylic acids is 3. The van der Waals surface area contributed by atoms with Crippen LogP contribution in [0.1, 0.15) is 168 Å². The van der Waals surface area contributed by atoms with E-state index in [1.54, 1.807) is 12.2 Å². The maximum absolute atomic E-state index is 12.9. The van der Waals surface area contributed by atoms with E-state index in [1.807, 2.05) is 21.1 Å². The number of allylic oxidation sites excluding steroid dienone is 4. The van der Waals surface area contributed by atoms with Gasteiger partial charge in [-0.15, -0.1) is 0 Å². The van der Waals surface area contributed by atoms with Gasteiger partial charge in [0, 0.05) is 43.9 Å². The highest BCUT2D eigenvalue weighted by molar-refractivity contribution is 7.45. The number of hydrogen-bond acceptors (Lipinski definition) is 12. The smallest absolute Gasteiger partial charge is 0.306 e. The van der Waals surface area contributed by atoms with Crippen molar-refractivity contribution in [1.82, 2.24) is 0 Å². The number of esters is 2. The molecule has 0 amide bonds. The molecule has 0 aromatic heterocycles. The molecular weight excluding hydrogens is 813 g/mol. The number of ether oxygens (including phenoxy) is 2. The van der Waals surface area contributed by atoms with Crippen LogP contribution in [0.25, 0.3) is 0 Å². The molecule has 13 nitrogen and oxygen atoms in total. The quantitative estimate of drug-likeness (QED) is 0.0175. The lowest BCUT2D eigenvalue weighted by atomic mass is 9.87. The minimum atomic E-state index is -4.72. The minimum Gasteiger partial charge on any atom is -0.756 e. The van der Waals surface area contributed by atoms with E-state index in [4.69, 9.17) is 18.5 Å². The van der Waals surface area contributed by atoms with Crippen molar-refractivity contribution in [1.29, 1.82) is 0 Å². The third kappa shape index (κ3) is 31.6. The lowest BCUT2D eigenvalue weighted by Gasteiger charge is -2.28. The molecule has 0 aromatic rings. The van der Waals surface area contributed by atoms with Gasteiger partial charge in [-0.1, -0.05) is 115 Å². The first-order valence-electron chi connectivity index (χ1n) is 23.9. The van der Waals surface area contributed by atoms with Crippen LogP contribution < -0.4 is 4.89 Å². The van der Waals surface area contributed by atoms with Gasteiger partial charge in [0.15, 0.2) is 6.10 Å². The van der Waals surface area contributed by atoms with Crippen molar-refractivity contribution >= 4 is 25.5 Å². The number of quaternary nitrogens is 1. The van der Waals surface area contributed by atoms with E-state index in [1.165, 1.54) is 32.1 Å². The van der Waals surface area contributed by atoms with Gasteiger partial charge >= 0.3 is 11.9 Å². The Bertz CT molecular complexity index is 1330. The van der Waals surface area contributed by atoms with Crippen molar-refractivity contribution in [2.24, 2.45) is 11.8 Å². The molecule has 3 N–H and O–H groups in total. The van der Waals surface area contributed by atoms with Crippen molar-refractivity contribution in [2.45, 2.75) is 192 Å². The predicted molar refractivity (Wildman–Crippen MR) is 243 cm³/mol. The molecule has 0 spiro atoms. The highest BCUT2D eigenvalue weighted by Gasteiger charge is 2.41. The van der Waals surface area contributed by atoms with E-state index in [0.717, 1.165) is 64.2 Å². The van der Waals surface area contributed by atoms with Crippen LogP contribution in [0.2, 0.25) is 0 Å². The molecule has 1 aliphatic rings. The van der Waals surface area contributed by atoms with Gasteiger partial charge in [0.2, 0.25) is 0 Å². The number of ketones is 1. The van der Waals surface area contributed by atoms with Crippen molar-refractivity contribution in [3.8, 4) is 0 Å². The van der Waals surface area contributed by atoms with E-state index >= 15 is 0 Å². The minimum absolute atomic E-state index is 0.0113. The summed E-state index contributed by atoms with van der Waals surface area (Å²) in [5.41, 5.74) is 0. The zero-order valence-electron chi connectivity index (χ0n) is 39.1. The van der Waals surface area contributed by atoms with Gasteiger partial charge in [-0.3, -0.25) is 18.9 Å². The van der Waals surface area contributed by atoms with Gasteiger partial charge < -0.3 is 43.2 Å². The summed E-state index contributed by atoms with van der Waals surface area (Å²) in [5, 5.41) is 31.4. The zero-order valence-corrected chi connectivity index (χ0v) is 40.0. The van der Waals surface area contributed by atoms with E-state index < -0.39 is 69.2 Å². The molecule has 0 bridgehead atoms. The van der Waals surface area contributed by atoms with Crippen LogP contribution in [-0.4, -0.2) is 109 Å². The average Bonchev–Trinajstić information content (AvgIpc) is 3.47. The first-order chi connectivity index (χ1) is 29.6. The van der Waals surface area contributed by atoms with E-state index in [-0.39, 0.29) is 44.5 Å². The van der Waals surface area contributed by atoms with E-state index in [0.29, 0.717) is 36.7 Å². The number of aliphatic hydroxyl groups is 3. The number of nitrogens with zero attached hydrogens (tertiary/aromatic N) is 1.